The maximum atomic E-state index is 14.2. The number of rotatable bonds is 4. The number of carbonyl (C=O) groups excluding carboxylic acids is 1. The Labute approximate surface area is 217 Å². The van der Waals surface area contributed by atoms with E-state index in [-0.39, 0.29) is 35.8 Å². The first-order valence-electron chi connectivity index (χ1n) is 12.2. The highest BCUT2D eigenvalue weighted by atomic mass is 32.2. The van der Waals surface area contributed by atoms with Gasteiger partial charge in [-0.05, 0) is 25.3 Å². The standard InChI is InChI=1S/C25H27F4N5O3S/c1-24(2)11-16(17-13-31-20-10-19(26)32-34(20)22(17)24)18-5-4-15(12-30-18)21(25(27,28)29)33(3)23(35)14-6-8-38(36,37)9-7-14/h4-5,10,12-14,16,21H,6-9,11H2,1-3H3/t16-,21+/m0/s1. The topological polar surface area (TPSA) is 97.5 Å². The highest BCUT2D eigenvalue weighted by molar-refractivity contribution is 7.91. The largest absolute Gasteiger partial charge is 0.413 e. The molecule has 1 fully saturated rings. The van der Waals surface area contributed by atoms with Crippen LogP contribution in [0.5, 0.6) is 0 Å². The molecule has 0 unspecified atom stereocenters. The van der Waals surface area contributed by atoms with Crippen LogP contribution in [0.1, 0.15) is 67.6 Å². The van der Waals surface area contributed by atoms with Gasteiger partial charge in [-0.15, -0.1) is 5.10 Å². The first-order valence-corrected chi connectivity index (χ1v) is 14.0. The van der Waals surface area contributed by atoms with Gasteiger partial charge in [0.15, 0.2) is 11.7 Å². The van der Waals surface area contributed by atoms with Crippen LogP contribution in [0.2, 0.25) is 0 Å². The summed E-state index contributed by atoms with van der Waals surface area (Å²) in [6.45, 7) is 3.96. The minimum absolute atomic E-state index is 0.00556. The third kappa shape index (κ3) is 4.65. The first-order chi connectivity index (χ1) is 17.7. The molecule has 1 amide bonds. The predicted octanol–water partition coefficient (Wildman–Crippen LogP) is 3.96. The van der Waals surface area contributed by atoms with Gasteiger partial charge in [0.05, 0.1) is 17.2 Å². The molecule has 0 spiro atoms. The van der Waals surface area contributed by atoms with E-state index in [1.807, 2.05) is 13.8 Å². The molecule has 3 aromatic heterocycles. The zero-order chi connectivity index (χ0) is 27.6. The highest BCUT2D eigenvalue weighted by Crippen LogP contribution is 2.48. The van der Waals surface area contributed by atoms with Crippen molar-refractivity contribution < 1.29 is 30.8 Å². The summed E-state index contributed by atoms with van der Waals surface area (Å²) in [6.07, 6.45) is -1.42. The van der Waals surface area contributed by atoms with Gasteiger partial charge in [0.1, 0.15) is 9.84 Å². The molecule has 4 heterocycles. The lowest BCUT2D eigenvalue weighted by molar-refractivity contribution is -0.190. The molecule has 0 saturated carbocycles. The minimum atomic E-state index is -4.77. The van der Waals surface area contributed by atoms with Crippen molar-refractivity contribution in [1.29, 1.82) is 0 Å². The van der Waals surface area contributed by atoms with Gasteiger partial charge in [-0.25, -0.2) is 17.9 Å². The normalized spacial score (nSPS) is 21.8. The molecule has 0 N–H and O–H groups in total. The molecule has 3 aromatic rings. The maximum Gasteiger partial charge on any atom is 0.413 e. The molecule has 0 bridgehead atoms. The Hall–Kier alpha value is -3.09. The summed E-state index contributed by atoms with van der Waals surface area (Å²) in [6, 6.07) is 1.84. The van der Waals surface area contributed by atoms with Crippen LogP contribution in [0.3, 0.4) is 0 Å². The Morgan fingerprint density at radius 1 is 1.16 bits per heavy atom. The fourth-order valence-electron chi connectivity index (χ4n) is 5.80. The fraction of sp³-hybridized carbons (Fsp3) is 0.520. The molecule has 38 heavy (non-hydrogen) atoms. The number of hydrogen-bond donors (Lipinski definition) is 0. The zero-order valence-electron chi connectivity index (χ0n) is 21.0. The zero-order valence-corrected chi connectivity index (χ0v) is 21.9. The van der Waals surface area contributed by atoms with Crippen molar-refractivity contribution in [3.05, 3.63) is 59.1 Å². The molecule has 2 aliphatic rings. The van der Waals surface area contributed by atoms with Crippen molar-refractivity contribution in [2.45, 2.75) is 56.7 Å². The molecule has 0 radical (unpaired) electrons. The number of sulfone groups is 1. The highest BCUT2D eigenvalue weighted by Gasteiger charge is 2.47. The molecule has 2 atom stereocenters. The van der Waals surface area contributed by atoms with Gasteiger partial charge in [-0.2, -0.15) is 17.6 Å². The lowest BCUT2D eigenvalue weighted by atomic mass is 9.88. The van der Waals surface area contributed by atoms with Crippen LogP contribution in [0.4, 0.5) is 17.6 Å². The van der Waals surface area contributed by atoms with E-state index in [0.717, 1.165) is 24.5 Å². The van der Waals surface area contributed by atoms with Crippen LogP contribution in [-0.2, 0) is 20.0 Å². The second kappa shape index (κ2) is 8.99. The number of fused-ring (bicyclic) bond motifs is 3. The molecule has 1 aliphatic heterocycles. The summed E-state index contributed by atoms with van der Waals surface area (Å²) in [5.41, 5.74) is 1.83. The van der Waals surface area contributed by atoms with Gasteiger partial charge in [-0.3, -0.25) is 9.78 Å². The van der Waals surface area contributed by atoms with Gasteiger partial charge < -0.3 is 4.90 Å². The number of carbonyl (C=O) groups is 1. The number of amides is 1. The number of alkyl halides is 3. The average molecular weight is 554 g/mol. The van der Waals surface area contributed by atoms with E-state index in [1.54, 1.807) is 6.20 Å². The van der Waals surface area contributed by atoms with Gasteiger partial charge in [-0.1, -0.05) is 19.9 Å². The molecule has 1 aliphatic carbocycles. The summed E-state index contributed by atoms with van der Waals surface area (Å²) >= 11 is 0. The number of halogens is 4. The molecule has 13 heteroatoms. The Morgan fingerprint density at radius 3 is 2.45 bits per heavy atom. The van der Waals surface area contributed by atoms with Crippen LogP contribution >= 0.6 is 0 Å². The van der Waals surface area contributed by atoms with Crippen molar-refractivity contribution >= 4 is 21.4 Å². The summed E-state index contributed by atoms with van der Waals surface area (Å²) in [7, 11) is -2.17. The minimum Gasteiger partial charge on any atom is -0.330 e. The summed E-state index contributed by atoms with van der Waals surface area (Å²) < 4.78 is 81.2. The first kappa shape index (κ1) is 26.5. The van der Waals surface area contributed by atoms with Crippen molar-refractivity contribution in [2.75, 3.05) is 18.6 Å². The third-order valence-electron chi connectivity index (χ3n) is 7.64. The second-order valence-corrected chi connectivity index (χ2v) is 13.1. The van der Waals surface area contributed by atoms with E-state index in [9.17, 15) is 30.8 Å². The molecule has 0 aromatic carbocycles. The molecule has 1 saturated heterocycles. The maximum absolute atomic E-state index is 14.2. The number of pyridine rings is 1. The van der Waals surface area contributed by atoms with E-state index in [4.69, 9.17) is 0 Å². The Kier molecular flexibility index (Phi) is 6.27. The Balaban J connectivity index is 1.44. The second-order valence-electron chi connectivity index (χ2n) is 10.8. The van der Waals surface area contributed by atoms with Gasteiger partial charge in [0.2, 0.25) is 11.9 Å². The van der Waals surface area contributed by atoms with Crippen LogP contribution in [0.25, 0.3) is 5.65 Å². The van der Waals surface area contributed by atoms with Crippen molar-refractivity contribution in [2.24, 2.45) is 5.92 Å². The lowest BCUT2D eigenvalue weighted by Gasteiger charge is -2.34. The lowest BCUT2D eigenvalue weighted by Crippen LogP contribution is -2.44. The van der Waals surface area contributed by atoms with Crippen molar-refractivity contribution in [3.8, 4) is 0 Å². The Morgan fingerprint density at radius 2 is 1.84 bits per heavy atom. The average Bonchev–Trinajstić information content (AvgIpc) is 3.33. The summed E-state index contributed by atoms with van der Waals surface area (Å²) in [4.78, 5) is 22.2. The predicted molar refractivity (Wildman–Crippen MR) is 130 cm³/mol. The number of nitrogens with zero attached hydrogens (tertiary/aromatic N) is 5. The number of aromatic nitrogens is 4. The van der Waals surface area contributed by atoms with E-state index < -0.39 is 45.2 Å². The van der Waals surface area contributed by atoms with Crippen molar-refractivity contribution in [1.82, 2.24) is 24.5 Å². The number of hydrogen-bond acceptors (Lipinski definition) is 6. The molecule has 204 valence electrons. The monoisotopic (exact) mass is 553 g/mol. The Bertz CT molecular complexity index is 1490. The molecule has 8 nitrogen and oxygen atoms in total. The smallest absolute Gasteiger partial charge is 0.330 e. The SMILES string of the molecule is CN(C(=O)C1CCS(=O)(=O)CC1)[C@H](c1ccc([C@H]2CC(C)(C)c3c2cnc2cc(F)nn32)nc1)C(F)(F)F. The van der Waals surface area contributed by atoms with Gasteiger partial charge >= 0.3 is 6.18 Å². The van der Waals surface area contributed by atoms with Gasteiger partial charge in [0.25, 0.3) is 0 Å². The van der Waals surface area contributed by atoms with E-state index >= 15 is 0 Å². The molecular formula is C25H27F4N5O3S. The van der Waals surface area contributed by atoms with Crippen LogP contribution < -0.4 is 0 Å². The molecular weight excluding hydrogens is 526 g/mol. The molecule has 5 rings (SSSR count). The van der Waals surface area contributed by atoms with Crippen LogP contribution in [-0.4, -0.2) is 63.5 Å². The van der Waals surface area contributed by atoms with Gasteiger partial charge in [0, 0.05) is 59.6 Å². The fourth-order valence-corrected chi connectivity index (χ4v) is 7.29. The van der Waals surface area contributed by atoms with E-state index in [0.29, 0.717) is 22.7 Å². The summed E-state index contributed by atoms with van der Waals surface area (Å²) in [5, 5.41) is 3.93. The van der Waals surface area contributed by atoms with E-state index in [2.05, 4.69) is 15.1 Å². The van der Waals surface area contributed by atoms with E-state index in [1.165, 1.54) is 22.7 Å². The van der Waals surface area contributed by atoms with Crippen LogP contribution in [0.15, 0.2) is 30.6 Å². The van der Waals surface area contributed by atoms with Crippen molar-refractivity contribution in [3.63, 3.8) is 0 Å². The summed E-state index contributed by atoms with van der Waals surface area (Å²) in [5.74, 6) is -2.88. The quantitative estimate of drug-likeness (QED) is 0.454. The van der Waals surface area contributed by atoms with Crippen LogP contribution in [0, 0.1) is 11.9 Å². The third-order valence-corrected chi connectivity index (χ3v) is 9.36.